The normalized spacial score (nSPS) is 14.8. The van der Waals surface area contributed by atoms with Gasteiger partial charge in [0, 0.05) is 31.1 Å². The summed E-state index contributed by atoms with van der Waals surface area (Å²) in [5.41, 5.74) is 0.703. The van der Waals surface area contributed by atoms with Crippen LogP contribution in [0.1, 0.15) is 29.6 Å². The quantitative estimate of drug-likeness (QED) is 0.822. The SMILES string of the molecule is COC(=O)CCNC(=O)C1CCN(C(=O)c2cccc3ccccc23)CC1. The highest BCUT2D eigenvalue weighted by molar-refractivity contribution is 6.07. The van der Waals surface area contributed by atoms with E-state index in [1.165, 1.54) is 7.11 Å². The molecule has 142 valence electrons. The predicted octanol–water partition coefficient (Wildman–Crippen LogP) is 2.37. The number of fused-ring (bicyclic) bond motifs is 1. The smallest absolute Gasteiger partial charge is 0.307 e. The molecular weight excluding hydrogens is 344 g/mol. The van der Waals surface area contributed by atoms with Crippen LogP contribution in [0.25, 0.3) is 10.8 Å². The number of carbonyl (C=O) groups is 3. The highest BCUT2D eigenvalue weighted by Crippen LogP contribution is 2.23. The Balaban J connectivity index is 1.56. The summed E-state index contributed by atoms with van der Waals surface area (Å²) in [5.74, 6) is -0.516. The highest BCUT2D eigenvalue weighted by atomic mass is 16.5. The fraction of sp³-hybridized carbons (Fsp3) is 0.381. The second-order valence-corrected chi connectivity index (χ2v) is 6.71. The van der Waals surface area contributed by atoms with Gasteiger partial charge in [0.2, 0.25) is 5.91 Å². The van der Waals surface area contributed by atoms with Gasteiger partial charge in [0.1, 0.15) is 0 Å². The second kappa shape index (κ2) is 8.66. The third-order valence-electron chi connectivity index (χ3n) is 5.03. The molecule has 27 heavy (non-hydrogen) atoms. The van der Waals surface area contributed by atoms with Gasteiger partial charge in [-0.15, -0.1) is 0 Å². The van der Waals surface area contributed by atoms with Crippen LogP contribution in [0.2, 0.25) is 0 Å². The molecule has 0 atom stereocenters. The van der Waals surface area contributed by atoms with Crippen molar-refractivity contribution in [3.63, 3.8) is 0 Å². The molecule has 0 saturated carbocycles. The molecule has 0 radical (unpaired) electrons. The van der Waals surface area contributed by atoms with Crippen molar-refractivity contribution in [2.24, 2.45) is 5.92 Å². The van der Waals surface area contributed by atoms with E-state index in [1.54, 1.807) is 0 Å². The molecule has 2 amide bonds. The summed E-state index contributed by atoms with van der Waals surface area (Å²) < 4.78 is 4.56. The number of nitrogens with one attached hydrogen (secondary N) is 1. The van der Waals surface area contributed by atoms with E-state index in [4.69, 9.17) is 0 Å². The maximum Gasteiger partial charge on any atom is 0.307 e. The number of amides is 2. The van der Waals surface area contributed by atoms with Crippen LogP contribution in [-0.2, 0) is 14.3 Å². The molecule has 1 saturated heterocycles. The van der Waals surface area contributed by atoms with Gasteiger partial charge in [0.15, 0.2) is 0 Å². The molecule has 1 heterocycles. The summed E-state index contributed by atoms with van der Waals surface area (Å²) in [6.07, 6.45) is 1.42. The van der Waals surface area contributed by atoms with Gasteiger partial charge >= 0.3 is 5.97 Å². The largest absolute Gasteiger partial charge is 0.469 e. The molecule has 2 aromatic rings. The number of hydrogen-bond acceptors (Lipinski definition) is 4. The minimum atomic E-state index is -0.342. The van der Waals surface area contributed by atoms with E-state index < -0.39 is 0 Å². The second-order valence-electron chi connectivity index (χ2n) is 6.71. The molecule has 1 fully saturated rings. The molecule has 6 heteroatoms. The lowest BCUT2D eigenvalue weighted by molar-refractivity contribution is -0.140. The Hall–Kier alpha value is -2.89. The molecule has 2 aromatic carbocycles. The molecule has 0 bridgehead atoms. The van der Waals surface area contributed by atoms with Crippen LogP contribution in [0.5, 0.6) is 0 Å². The zero-order valence-electron chi connectivity index (χ0n) is 15.4. The standard InChI is InChI=1S/C21H24N2O4/c1-27-19(24)9-12-22-20(25)16-10-13-23(14-11-16)21(26)18-8-4-6-15-5-2-3-7-17(15)18/h2-8,16H,9-14H2,1H3,(H,22,25). The number of piperidine rings is 1. The number of benzene rings is 2. The fourth-order valence-electron chi connectivity index (χ4n) is 3.46. The molecule has 0 aliphatic carbocycles. The van der Waals surface area contributed by atoms with Crippen molar-refractivity contribution in [3.05, 3.63) is 48.0 Å². The average molecular weight is 368 g/mol. The number of ether oxygens (including phenoxy) is 1. The topological polar surface area (TPSA) is 75.7 Å². The van der Waals surface area contributed by atoms with Gasteiger partial charge < -0.3 is 15.0 Å². The zero-order chi connectivity index (χ0) is 19.2. The van der Waals surface area contributed by atoms with Gasteiger partial charge in [-0.3, -0.25) is 14.4 Å². The Bertz CT molecular complexity index is 836. The minimum absolute atomic E-state index is 0.0105. The predicted molar refractivity (Wildman–Crippen MR) is 102 cm³/mol. The number of nitrogens with zero attached hydrogens (tertiary/aromatic N) is 1. The van der Waals surface area contributed by atoms with Crippen LogP contribution >= 0.6 is 0 Å². The van der Waals surface area contributed by atoms with Gasteiger partial charge in [0.05, 0.1) is 13.5 Å². The lowest BCUT2D eigenvalue weighted by atomic mass is 9.95. The Morgan fingerprint density at radius 1 is 1.07 bits per heavy atom. The minimum Gasteiger partial charge on any atom is -0.469 e. The maximum atomic E-state index is 12.9. The third-order valence-corrected chi connectivity index (χ3v) is 5.03. The van der Waals surface area contributed by atoms with Crippen LogP contribution in [0.3, 0.4) is 0 Å². The van der Waals surface area contributed by atoms with E-state index in [1.807, 2.05) is 47.4 Å². The maximum absolute atomic E-state index is 12.9. The van der Waals surface area contributed by atoms with Crippen LogP contribution in [-0.4, -0.2) is 49.4 Å². The number of esters is 1. The lowest BCUT2D eigenvalue weighted by Crippen LogP contribution is -2.43. The summed E-state index contributed by atoms with van der Waals surface area (Å²) in [6.45, 7) is 1.38. The number of carbonyl (C=O) groups excluding carboxylic acids is 3. The monoisotopic (exact) mass is 368 g/mol. The third kappa shape index (κ3) is 4.45. The van der Waals surface area contributed by atoms with Gasteiger partial charge in [0.25, 0.3) is 5.91 Å². The first-order chi connectivity index (χ1) is 13.1. The van der Waals surface area contributed by atoms with Crippen molar-refractivity contribution in [1.29, 1.82) is 0 Å². The van der Waals surface area contributed by atoms with E-state index in [-0.39, 0.29) is 36.7 Å². The summed E-state index contributed by atoms with van der Waals surface area (Å²) >= 11 is 0. The van der Waals surface area contributed by atoms with Crippen molar-refractivity contribution < 1.29 is 19.1 Å². The van der Waals surface area contributed by atoms with E-state index in [0.29, 0.717) is 31.5 Å². The zero-order valence-corrected chi connectivity index (χ0v) is 15.4. The van der Waals surface area contributed by atoms with Crippen LogP contribution < -0.4 is 5.32 Å². The first-order valence-electron chi connectivity index (χ1n) is 9.21. The molecule has 1 N–H and O–H groups in total. The molecule has 0 aromatic heterocycles. The lowest BCUT2D eigenvalue weighted by Gasteiger charge is -2.31. The Kier molecular flexibility index (Phi) is 6.06. The summed E-state index contributed by atoms with van der Waals surface area (Å²) in [6, 6.07) is 13.6. The van der Waals surface area contributed by atoms with Crippen molar-refractivity contribution in [3.8, 4) is 0 Å². The van der Waals surface area contributed by atoms with E-state index in [2.05, 4.69) is 10.1 Å². The highest BCUT2D eigenvalue weighted by Gasteiger charge is 2.28. The van der Waals surface area contributed by atoms with E-state index in [9.17, 15) is 14.4 Å². The van der Waals surface area contributed by atoms with Crippen LogP contribution in [0, 0.1) is 5.92 Å². The van der Waals surface area contributed by atoms with Gasteiger partial charge in [-0.1, -0.05) is 36.4 Å². The summed E-state index contributed by atoms with van der Waals surface area (Å²) in [5, 5.41) is 4.77. The molecule has 0 unspecified atom stereocenters. The number of rotatable bonds is 5. The van der Waals surface area contributed by atoms with Crippen LogP contribution in [0.4, 0.5) is 0 Å². The molecule has 0 spiro atoms. The van der Waals surface area contributed by atoms with Gasteiger partial charge in [-0.25, -0.2) is 0 Å². The van der Waals surface area contributed by atoms with Crippen molar-refractivity contribution >= 4 is 28.6 Å². The van der Waals surface area contributed by atoms with Crippen LogP contribution in [0.15, 0.2) is 42.5 Å². The summed E-state index contributed by atoms with van der Waals surface area (Å²) in [4.78, 5) is 38.1. The van der Waals surface area contributed by atoms with E-state index >= 15 is 0 Å². The molecule has 1 aliphatic rings. The fourth-order valence-corrected chi connectivity index (χ4v) is 3.46. The van der Waals surface area contributed by atoms with Crippen molar-refractivity contribution in [1.82, 2.24) is 10.2 Å². The molecule has 3 rings (SSSR count). The number of methoxy groups -OCH3 is 1. The number of likely N-dealkylation sites (tertiary alicyclic amines) is 1. The van der Waals surface area contributed by atoms with Gasteiger partial charge in [-0.2, -0.15) is 0 Å². The molecule has 6 nitrogen and oxygen atoms in total. The average Bonchev–Trinajstić information content (AvgIpc) is 2.72. The molecular formula is C21H24N2O4. The number of hydrogen-bond donors (Lipinski definition) is 1. The molecule has 1 aliphatic heterocycles. The Labute approximate surface area is 158 Å². The Morgan fingerprint density at radius 2 is 1.78 bits per heavy atom. The Morgan fingerprint density at radius 3 is 2.52 bits per heavy atom. The van der Waals surface area contributed by atoms with Crippen molar-refractivity contribution in [2.45, 2.75) is 19.3 Å². The van der Waals surface area contributed by atoms with Crippen molar-refractivity contribution in [2.75, 3.05) is 26.7 Å². The first kappa shape index (κ1) is 18.9. The summed E-state index contributed by atoms with van der Waals surface area (Å²) in [7, 11) is 1.33. The van der Waals surface area contributed by atoms with E-state index in [0.717, 1.165) is 10.8 Å². The first-order valence-corrected chi connectivity index (χ1v) is 9.21. The van der Waals surface area contributed by atoms with Gasteiger partial charge in [-0.05, 0) is 29.7 Å².